The Hall–Kier alpha value is -2.14. The number of nitriles is 1. The molecule has 0 unspecified atom stereocenters. The molecule has 0 radical (unpaired) electrons. The second-order valence-electron chi connectivity index (χ2n) is 6.22. The zero-order valence-electron chi connectivity index (χ0n) is 14.2. The summed E-state index contributed by atoms with van der Waals surface area (Å²) in [6.45, 7) is 3.21. The number of nitrogens with zero attached hydrogens (tertiary/aromatic N) is 3. The van der Waals surface area contributed by atoms with Crippen molar-refractivity contribution in [2.45, 2.75) is 13.0 Å². The molecule has 0 bridgehead atoms. The molecule has 2 heterocycles. The lowest BCUT2D eigenvalue weighted by molar-refractivity contribution is 0.256. The van der Waals surface area contributed by atoms with Crippen molar-refractivity contribution in [3.8, 4) is 17.4 Å². The van der Waals surface area contributed by atoms with Crippen LogP contribution >= 0.6 is 0 Å². The molecule has 0 saturated carbocycles. The molecule has 1 aliphatic heterocycles. The lowest BCUT2D eigenvalue weighted by atomic mass is 10.1. The van der Waals surface area contributed by atoms with Crippen molar-refractivity contribution in [2.24, 2.45) is 0 Å². The first-order valence-electron chi connectivity index (χ1n) is 8.23. The van der Waals surface area contributed by atoms with Crippen molar-refractivity contribution >= 4 is 10.0 Å². The Labute approximate surface area is 148 Å². The van der Waals surface area contributed by atoms with Crippen molar-refractivity contribution in [1.29, 1.82) is 5.26 Å². The van der Waals surface area contributed by atoms with Gasteiger partial charge in [-0.25, -0.2) is 12.7 Å². The third-order valence-corrected chi connectivity index (χ3v) is 5.67. The van der Waals surface area contributed by atoms with Gasteiger partial charge in [-0.05, 0) is 37.2 Å². The zero-order chi connectivity index (χ0) is 17.9. The summed E-state index contributed by atoms with van der Waals surface area (Å²) in [6.07, 6.45) is 2.06. The number of sulfonamides is 1. The monoisotopic (exact) mass is 359 g/mol. The summed E-state index contributed by atoms with van der Waals surface area (Å²) >= 11 is 0. The number of benzene rings is 1. The largest absolute Gasteiger partial charge is 0.460 e. The molecule has 0 N–H and O–H groups in total. The fourth-order valence-corrected chi connectivity index (χ4v) is 3.93. The molecule has 1 saturated heterocycles. The molecule has 132 valence electrons. The molecule has 25 heavy (non-hydrogen) atoms. The Bertz CT molecular complexity index is 883. The standard InChI is InChI=1S/C18H21N3O3S/c1-25(22,23)21-10-4-9-20(11-12-21)14-16-7-8-18(24-16)17-6-3-2-5-15(17)13-19/h2-3,5-8H,4,9-12,14H2,1H3. The van der Waals surface area contributed by atoms with Gasteiger partial charge in [0.2, 0.25) is 10.0 Å². The van der Waals surface area contributed by atoms with Gasteiger partial charge in [0.25, 0.3) is 0 Å². The number of hydrogen-bond donors (Lipinski definition) is 0. The van der Waals surface area contributed by atoms with Gasteiger partial charge in [-0.1, -0.05) is 12.1 Å². The highest BCUT2D eigenvalue weighted by Gasteiger charge is 2.22. The number of rotatable bonds is 4. The molecule has 0 atom stereocenters. The molecule has 2 aromatic rings. The minimum Gasteiger partial charge on any atom is -0.460 e. The van der Waals surface area contributed by atoms with Gasteiger partial charge < -0.3 is 4.42 Å². The van der Waals surface area contributed by atoms with Gasteiger partial charge in [0.1, 0.15) is 11.5 Å². The van der Waals surface area contributed by atoms with Crippen LogP contribution in [0.1, 0.15) is 17.7 Å². The molecule has 7 heteroatoms. The van der Waals surface area contributed by atoms with Gasteiger partial charge >= 0.3 is 0 Å². The predicted octanol–water partition coefficient (Wildman–Crippen LogP) is 2.29. The van der Waals surface area contributed by atoms with E-state index >= 15 is 0 Å². The second-order valence-corrected chi connectivity index (χ2v) is 8.20. The lowest BCUT2D eigenvalue weighted by Gasteiger charge is -2.19. The van der Waals surface area contributed by atoms with Crippen molar-refractivity contribution in [3.63, 3.8) is 0 Å². The van der Waals surface area contributed by atoms with E-state index in [1.807, 2.05) is 30.3 Å². The van der Waals surface area contributed by atoms with E-state index < -0.39 is 10.0 Å². The molecular weight excluding hydrogens is 338 g/mol. The predicted molar refractivity (Wildman–Crippen MR) is 95.2 cm³/mol. The molecule has 0 aliphatic carbocycles. The molecule has 1 aliphatic rings. The van der Waals surface area contributed by atoms with Gasteiger partial charge in [-0.15, -0.1) is 0 Å². The first-order chi connectivity index (χ1) is 12.0. The maximum absolute atomic E-state index is 11.7. The first-order valence-corrected chi connectivity index (χ1v) is 10.1. The molecule has 0 spiro atoms. The van der Waals surface area contributed by atoms with E-state index in [1.54, 1.807) is 6.07 Å². The van der Waals surface area contributed by atoms with E-state index in [2.05, 4.69) is 11.0 Å². The van der Waals surface area contributed by atoms with Crippen LogP contribution in [0.25, 0.3) is 11.3 Å². The summed E-state index contributed by atoms with van der Waals surface area (Å²) in [5, 5.41) is 9.22. The van der Waals surface area contributed by atoms with E-state index in [0.29, 0.717) is 37.5 Å². The Morgan fingerprint density at radius 2 is 1.92 bits per heavy atom. The number of furan rings is 1. The summed E-state index contributed by atoms with van der Waals surface area (Å²) in [5.41, 5.74) is 1.37. The zero-order valence-corrected chi connectivity index (χ0v) is 15.0. The Morgan fingerprint density at radius 1 is 1.12 bits per heavy atom. The van der Waals surface area contributed by atoms with Gasteiger partial charge in [0.15, 0.2) is 0 Å². The van der Waals surface area contributed by atoms with Gasteiger partial charge in [-0.2, -0.15) is 5.26 Å². The fraction of sp³-hybridized carbons (Fsp3) is 0.389. The Kier molecular flexibility index (Phi) is 5.23. The van der Waals surface area contributed by atoms with Crippen LogP contribution in [-0.4, -0.2) is 50.1 Å². The molecule has 1 fully saturated rings. The van der Waals surface area contributed by atoms with Crippen LogP contribution in [0.2, 0.25) is 0 Å². The summed E-state index contributed by atoms with van der Waals surface area (Å²) in [7, 11) is -3.13. The van der Waals surface area contributed by atoms with Crippen LogP contribution in [0, 0.1) is 11.3 Å². The lowest BCUT2D eigenvalue weighted by Crippen LogP contribution is -2.34. The smallest absolute Gasteiger partial charge is 0.211 e. The fourth-order valence-electron chi connectivity index (χ4n) is 3.06. The van der Waals surface area contributed by atoms with E-state index in [-0.39, 0.29) is 0 Å². The molecule has 1 aromatic heterocycles. The summed E-state index contributed by atoms with van der Waals surface area (Å²) in [6, 6.07) is 13.3. The SMILES string of the molecule is CS(=O)(=O)N1CCCN(Cc2ccc(-c3ccccc3C#N)o2)CC1. The van der Waals surface area contributed by atoms with Crippen LogP contribution in [0.4, 0.5) is 0 Å². The minimum absolute atomic E-state index is 0.504. The normalized spacial score (nSPS) is 17.1. The maximum Gasteiger partial charge on any atom is 0.211 e. The van der Waals surface area contributed by atoms with Crippen molar-refractivity contribution in [3.05, 3.63) is 47.7 Å². The van der Waals surface area contributed by atoms with Crippen LogP contribution < -0.4 is 0 Å². The van der Waals surface area contributed by atoms with Crippen molar-refractivity contribution in [2.75, 3.05) is 32.4 Å². The maximum atomic E-state index is 11.7. The van der Waals surface area contributed by atoms with Gasteiger partial charge in [-0.3, -0.25) is 4.90 Å². The minimum atomic E-state index is -3.13. The molecular formula is C18H21N3O3S. The third-order valence-electron chi connectivity index (χ3n) is 4.37. The average molecular weight is 359 g/mol. The van der Waals surface area contributed by atoms with Crippen molar-refractivity contribution < 1.29 is 12.8 Å². The highest BCUT2D eigenvalue weighted by Crippen LogP contribution is 2.26. The first kappa shape index (κ1) is 17.7. The van der Waals surface area contributed by atoms with E-state index in [4.69, 9.17) is 4.42 Å². The van der Waals surface area contributed by atoms with Crippen LogP contribution in [0.5, 0.6) is 0 Å². The summed E-state index contributed by atoms with van der Waals surface area (Å²) < 4.78 is 30.8. The summed E-state index contributed by atoms with van der Waals surface area (Å²) in [5.74, 6) is 1.50. The van der Waals surface area contributed by atoms with Gasteiger partial charge in [0.05, 0.1) is 24.4 Å². The number of hydrogen-bond acceptors (Lipinski definition) is 5. The second kappa shape index (κ2) is 7.40. The van der Waals surface area contributed by atoms with E-state index in [9.17, 15) is 13.7 Å². The van der Waals surface area contributed by atoms with Crippen LogP contribution in [0.3, 0.4) is 0 Å². The molecule has 0 amide bonds. The Balaban J connectivity index is 1.69. The highest BCUT2D eigenvalue weighted by molar-refractivity contribution is 7.88. The van der Waals surface area contributed by atoms with Crippen LogP contribution in [0.15, 0.2) is 40.8 Å². The molecule has 1 aromatic carbocycles. The van der Waals surface area contributed by atoms with Crippen LogP contribution in [-0.2, 0) is 16.6 Å². The van der Waals surface area contributed by atoms with Crippen molar-refractivity contribution in [1.82, 2.24) is 9.21 Å². The topological polar surface area (TPSA) is 77.5 Å². The van der Waals surface area contributed by atoms with Gasteiger partial charge in [0, 0.05) is 25.2 Å². The molecule has 6 nitrogen and oxygen atoms in total. The quantitative estimate of drug-likeness (QED) is 0.837. The Morgan fingerprint density at radius 3 is 2.68 bits per heavy atom. The van der Waals surface area contributed by atoms with E-state index in [0.717, 1.165) is 24.3 Å². The average Bonchev–Trinajstić information content (AvgIpc) is 2.90. The third kappa shape index (κ3) is 4.28. The molecule has 3 rings (SSSR count). The van der Waals surface area contributed by atoms with E-state index in [1.165, 1.54) is 10.6 Å². The summed E-state index contributed by atoms with van der Waals surface area (Å²) in [4.78, 5) is 2.20. The highest BCUT2D eigenvalue weighted by atomic mass is 32.2.